The van der Waals surface area contributed by atoms with Gasteiger partial charge in [-0.15, -0.1) is 0 Å². The summed E-state index contributed by atoms with van der Waals surface area (Å²) >= 11 is 0. The lowest BCUT2D eigenvalue weighted by atomic mass is 9.97. The first-order chi connectivity index (χ1) is 29.2. The number of furan rings is 1. The van der Waals surface area contributed by atoms with Crippen LogP contribution in [0.2, 0.25) is 0 Å². The first kappa shape index (κ1) is 33.3. The lowest BCUT2D eigenvalue weighted by molar-refractivity contribution is 0.669. The van der Waals surface area contributed by atoms with E-state index < -0.39 is 0 Å². The molecule has 0 spiro atoms. The highest BCUT2D eigenvalue weighted by atomic mass is 16.3. The SMILES string of the molecule is c1cc(N(c2ccc(-c3ccc(-c4cccc5oc6ccccc6c45)cc3)cc2)c2ccc3c(ccc4ccccc43)c2)cc(-n2c3ccccc3c3ccccc32)c1. The van der Waals surface area contributed by atoms with E-state index in [2.05, 4.69) is 216 Å². The van der Waals surface area contributed by atoms with Crippen molar-refractivity contribution in [3.63, 3.8) is 0 Å². The third kappa shape index (κ3) is 5.44. The molecule has 0 radical (unpaired) electrons. The summed E-state index contributed by atoms with van der Waals surface area (Å²) in [6, 6.07) is 78.8. The molecule has 3 nitrogen and oxygen atoms in total. The van der Waals surface area contributed by atoms with E-state index in [1.54, 1.807) is 0 Å². The highest BCUT2D eigenvalue weighted by molar-refractivity contribution is 6.13. The summed E-state index contributed by atoms with van der Waals surface area (Å²) in [6.07, 6.45) is 0. The van der Waals surface area contributed by atoms with Crippen molar-refractivity contribution in [2.45, 2.75) is 0 Å². The highest BCUT2D eigenvalue weighted by Gasteiger charge is 2.18. The van der Waals surface area contributed by atoms with Crippen LogP contribution in [-0.2, 0) is 0 Å². The van der Waals surface area contributed by atoms with E-state index in [0.717, 1.165) is 50.3 Å². The molecule has 0 aliphatic carbocycles. The van der Waals surface area contributed by atoms with Crippen LogP contribution < -0.4 is 4.90 Å². The van der Waals surface area contributed by atoms with Crippen LogP contribution in [0.4, 0.5) is 17.1 Å². The van der Waals surface area contributed by atoms with Gasteiger partial charge in [0.1, 0.15) is 11.2 Å². The molecule has 0 fully saturated rings. The Morgan fingerprint density at radius 2 is 0.898 bits per heavy atom. The summed E-state index contributed by atoms with van der Waals surface area (Å²) in [7, 11) is 0. The molecule has 2 heterocycles. The van der Waals surface area contributed by atoms with Crippen molar-refractivity contribution in [1.82, 2.24) is 4.57 Å². The van der Waals surface area contributed by atoms with Crippen molar-refractivity contribution in [1.29, 1.82) is 0 Å². The van der Waals surface area contributed by atoms with Crippen molar-refractivity contribution in [2.75, 3.05) is 4.90 Å². The Hall–Kier alpha value is -7.88. The van der Waals surface area contributed by atoms with Gasteiger partial charge in [-0.2, -0.15) is 0 Å². The van der Waals surface area contributed by atoms with Gasteiger partial charge in [-0.3, -0.25) is 0 Å². The summed E-state index contributed by atoms with van der Waals surface area (Å²) in [5.41, 5.74) is 13.3. The largest absolute Gasteiger partial charge is 0.456 e. The van der Waals surface area contributed by atoms with Crippen LogP contribution in [0.1, 0.15) is 0 Å². The fourth-order valence-electron chi connectivity index (χ4n) is 9.22. The van der Waals surface area contributed by atoms with E-state index in [4.69, 9.17) is 4.42 Å². The molecule has 276 valence electrons. The second-order valence-corrected chi connectivity index (χ2v) is 15.3. The van der Waals surface area contributed by atoms with E-state index in [0.29, 0.717) is 0 Å². The number of hydrogen-bond acceptors (Lipinski definition) is 2. The maximum atomic E-state index is 6.19. The van der Waals surface area contributed by atoms with Crippen LogP contribution in [-0.4, -0.2) is 4.57 Å². The minimum atomic E-state index is 0.910. The lowest BCUT2D eigenvalue weighted by Gasteiger charge is -2.27. The van der Waals surface area contributed by atoms with Gasteiger partial charge in [0, 0.05) is 44.3 Å². The van der Waals surface area contributed by atoms with Crippen molar-refractivity contribution >= 4 is 82.4 Å². The number of anilines is 3. The molecule has 59 heavy (non-hydrogen) atoms. The van der Waals surface area contributed by atoms with Crippen LogP contribution in [0.25, 0.3) is 93.2 Å². The summed E-state index contributed by atoms with van der Waals surface area (Å²) < 4.78 is 8.58. The van der Waals surface area contributed by atoms with Crippen molar-refractivity contribution in [2.24, 2.45) is 0 Å². The summed E-state index contributed by atoms with van der Waals surface area (Å²) in [4.78, 5) is 2.38. The first-order valence-electron chi connectivity index (χ1n) is 20.2. The van der Waals surface area contributed by atoms with Gasteiger partial charge in [-0.05, 0) is 111 Å². The Morgan fingerprint density at radius 3 is 1.68 bits per heavy atom. The highest BCUT2D eigenvalue weighted by Crippen LogP contribution is 2.41. The van der Waals surface area contributed by atoms with Gasteiger partial charge in [-0.1, -0.05) is 152 Å². The minimum absolute atomic E-state index is 0.910. The Labute approximate surface area is 341 Å². The number of nitrogens with zero attached hydrogens (tertiary/aromatic N) is 2. The van der Waals surface area contributed by atoms with E-state index >= 15 is 0 Å². The van der Waals surface area contributed by atoms with Crippen LogP contribution in [0.5, 0.6) is 0 Å². The van der Waals surface area contributed by atoms with Gasteiger partial charge < -0.3 is 13.9 Å². The molecule has 12 rings (SSSR count). The normalized spacial score (nSPS) is 11.7. The molecule has 10 aromatic carbocycles. The van der Waals surface area contributed by atoms with E-state index in [1.165, 1.54) is 60.0 Å². The predicted molar refractivity (Wildman–Crippen MR) is 249 cm³/mol. The standard InChI is InChI=1S/C56H36N2O/c1-2-14-46-39(11-1)27-28-41-35-45(33-34-47(41)46)57(43-12-9-13-44(36-43)58-52-19-6-3-15-49(52)50-16-4-7-20-53(50)58)42-31-29-38(30-32-42)37-23-25-40(26-24-37)48-18-10-22-55-56(48)51-17-5-8-21-54(51)59-55/h1-36H. The first-order valence-corrected chi connectivity index (χ1v) is 20.2. The predicted octanol–water partition coefficient (Wildman–Crippen LogP) is 15.8. The van der Waals surface area contributed by atoms with Crippen LogP contribution in [0, 0.1) is 0 Å². The smallest absolute Gasteiger partial charge is 0.136 e. The third-order valence-electron chi connectivity index (χ3n) is 12.0. The van der Waals surface area contributed by atoms with Crippen molar-refractivity contribution < 1.29 is 4.42 Å². The van der Waals surface area contributed by atoms with Crippen LogP contribution >= 0.6 is 0 Å². The van der Waals surface area contributed by atoms with Crippen LogP contribution in [0.3, 0.4) is 0 Å². The number of rotatable bonds is 6. The number of fused-ring (bicyclic) bond motifs is 9. The fourth-order valence-corrected chi connectivity index (χ4v) is 9.22. The molecule has 0 N–H and O–H groups in total. The Morgan fingerprint density at radius 1 is 0.339 bits per heavy atom. The molecule has 0 amide bonds. The quantitative estimate of drug-likeness (QED) is 0.158. The Balaban J connectivity index is 0.961. The molecule has 2 aromatic heterocycles. The number of benzene rings is 10. The average molecular weight is 753 g/mol. The molecule has 0 aliphatic rings. The van der Waals surface area contributed by atoms with Crippen molar-refractivity contribution in [3.05, 3.63) is 218 Å². The zero-order valence-corrected chi connectivity index (χ0v) is 32.1. The maximum absolute atomic E-state index is 6.19. The second kappa shape index (κ2) is 13.4. The van der Waals surface area contributed by atoms with E-state index in [-0.39, 0.29) is 0 Å². The molecule has 0 atom stereocenters. The summed E-state index contributed by atoms with van der Waals surface area (Å²) in [5, 5.41) is 9.78. The van der Waals surface area contributed by atoms with Gasteiger partial charge in [0.2, 0.25) is 0 Å². The van der Waals surface area contributed by atoms with Crippen LogP contribution in [0.15, 0.2) is 223 Å². The molecule has 0 unspecified atom stereocenters. The number of hydrogen-bond donors (Lipinski definition) is 0. The van der Waals surface area contributed by atoms with Gasteiger partial charge in [0.25, 0.3) is 0 Å². The fraction of sp³-hybridized carbons (Fsp3) is 0. The lowest BCUT2D eigenvalue weighted by Crippen LogP contribution is -2.10. The van der Waals surface area contributed by atoms with Crippen molar-refractivity contribution in [3.8, 4) is 27.9 Å². The molecular weight excluding hydrogens is 717 g/mol. The average Bonchev–Trinajstić information content (AvgIpc) is 3.86. The van der Waals surface area contributed by atoms with Gasteiger partial charge in [0.15, 0.2) is 0 Å². The van der Waals surface area contributed by atoms with Gasteiger partial charge in [-0.25, -0.2) is 0 Å². The molecular formula is C56H36N2O. The summed E-state index contributed by atoms with van der Waals surface area (Å²) in [5.74, 6) is 0. The second-order valence-electron chi connectivity index (χ2n) is 15.3. The number of aromatic nitrogens is 1. The zero-order valence-electron chi connectivity index (χ0n) is 32.1. The molecule has 12 aromatic rings. The Bertz CT molecular complexity index is 3500. The molecule has 0 bridgehead atoms. The molecule has 0 saturated heterocycles. The van der Waals surface area contributed by atoms with Gasteiger partial charge in [0.05, 0.1) is 11.0 Å². The van der Waals surface area contributed by atoms with E-state index in [9.17, 15) is 0 Å². The minimum Gasteiger partial charge on any atom is -0.456 e. The van der Waals surface area contributed by atoms with Gasteiger partial charge >= 0.3 is 0 Å². The summed E-state index contributed by atoms with van der Waals surface area (Å²) in [6.45, 7) is 0. The molecule has 0 aliphatic heterocycles. The Kier molecular flexibility index (Phi) is 7.54. The molecule has 3 heteroatoms. The topological polar surface area (TPSA) is 21.3 Å². The third-order valence-corrected chi connectivity index (χ3v) is 12.0. The zero-order chi connectivity index (χ0) is 38.9. The maximum Gasteiger partial charge on any atom is 0.136 e. The van der Waals surface area contributed by atoms with E-state index in [1.807, 2.05) is 12.1 Å². The molecule has 0 saturated carbocycles. The monoisotopic (exact) mass is 752 g/mol. The number of para-hydroxylation sites is 3.